The Bertz CT molecular complexity index is 1180. The molecule has 2 atom stereocenters. The van der Waals surface area contributed by atoms with E-state index in [-0.39, 0.29) is 18.5 Å². The normalized spacial score (nSPS) is 13.1. The number of halogens is 2. The number of aryl methyl sites for hydroxylation is 2. The molecule has 0 saturated carbocycles. The summed E-state index contributed by atoms with van der Waals surface area (Å²) in [6.45, 7) is 9.00. The summed E-state index contributed by atoms with van der Waals surface area (Å²) >= 11 is 12.2. The minimum Gasteiger partial charge on any atom is -0.352 e. The fourth-order valence-electron chi connectivity index (χ4n) is 3.90. The highest BCUT2D eigenvalue weighted by Crippen LogP contribution is 2.25. The molecule has 2 rings (SSSR count). The number of carbonyl (C=O) groups is 2. The standard InChI is InChI=1S/C26H35Cl2N3O4S/c1-7-19(5)29-26(33)24(8-2)30(15-20-9-10-22(27)23(28)14-20)25(32)16-31(36(6,34)35)21-12-17(3)11-18(4)13-21/h9-14,19,24H,7-8,15-16H2,1-6H3,(H,29,33). The summed E-state index contributed by atoms with van der Waals surface area (Å²) in [6.07, 6.45) is 2.14. The monoisotopic (exact) mass is 555 g/mol. The maximum atomic E-state index is 13.7. The first-order valence-corrected chi connectivity index (χ1v) is 14.5. The summed E-state index contributed by atoms with van der Waals surface area (Å²) in [5.74, 6) is -0.797. The van der Waals surface area contributed by atoms with E-state index in [4.69, 9.17) is 23.2 Å². The number of nitrogens with zero attached hydrogens (tertiary/aromatic N) is 2. The molecule has 2 amide bonds. The number of benzene rings is 2. The molecular weight excluding hydrogens is 521 g/mol. The maximum Gasteiger partial charge on any atom is 0.244 e. The van der Waals surface area contributed by atoms with Gasteiger partial charge in [-0.3, -0.25) is 13.9 Å². The molecule has 0 heterocycles. The van der Waals surface area contributed by atoms with Gasteiger partial charge < -0.3 is 10.2 Å². The molecule has 0 fully saturated rings. The van der Waals surface area contributed by atoms with Crippen LogP contribution in [0.5, 0.6) is 0 Å². The summed E-state index contributed by atoms with van der Waals surface area (Å²) in [5, 5.41) is 3.64. The van der Waals surface area contributed by atoms with Gasteiger partial charge in [-0.15, -0.1) is 0 Å². The summed E-state index contributed by atoms with van der Waals surface area (Å²) in [5.41, 5.74) is 2.82. The van der Waals surface area contributed by atoms with Crippen molar-refractivity contribution in [3.05, 3.63) is 63.1 Å². The molecule has 1 N–H and O–H groups in total. The Kier molecular flexibility index (Phi) is 10.6. The Balaban J connectivity index is 2.50. The highest BCUT2D eigenvalue weighted by atomic mass is 35.5. The molecule has 198 valence electrons. The Hall–Kier alpha value is -2.29. The lowest BCUT2D eigenvalue weighted by atomic mass is 10.1. The molecule has 0 aliphatic rings. The number of hydrogen-bond acceptors (Lipinski definition) is 4. The smallest absolute Gasteiger partial charge is 0.244 e. The predicted molar refractivity (Wildman–Crippen MR) is 147 cm³/mol. The van der Waals surface area contributed by atoms with Crippen molar-refractivity contribution in [3.63, 3.8) is 0 Å². The van der Waals surface area contributed by atoms with Crippen LogP contribution in [0.1, 0.15) is 50.3 Å². The predicted octanol–water partition coefficient (Wildman–Crippen LogP) is 5.10. The van der Waals surface area contributed by atoms with E-state index in [1.807, 2.05) is 40.7 Å². The number of carbonyl (C=O) groups excluding carboxylic acids is 2. The van der Waals surface area contributed by atoms with Gasteiger partial charge in [-0.2, -0.15) is 0 Å². The lowest BCUT2D eigenvalue weighted by Crippen LogP contribution is -2.53. The van der Waals surface area contributed by atoms with Gasteiger partial charge in [-0.25, -0.2) is 8.42 Å². The maximum absolute atomic E-state index is 13.7. The van der Waals surface area contributed by atoms with Crippen LogP contribution in [0.4, 0.5) is 5.69 Å². The van der Waals surface area contributed by atoms with Crippen LogP contribution < -0.4 is 9.62 Å². The molecule has 0 radical (unpaired) electrons. The number of hydrogen-bond donors (Lipinski definition) is 1. The SMILES string of the molecule is CCC(C)NC(=O)C(CC)N(Cc1ccc(Cl)c(Cl)c1)C(=O)CN(c1cc(C)cc(C)c1)S(C)(=O)=O. The van der Waals surface area contributed by atoms with Gasteiger partial charge in [0.2, 0.25) is 21.8 Å². The fourth-order valence-corrected chi connectivity index (χ4v) is 5.06. The first-order valence-electron chi connectivity index (χ1n) is 11.9. The number of nitrogens with one attached hydrogen (secondary N) is 1. The van der Waals surface area contributed by atoms with Crippen molar-refractivity contribution in [2.75, 3.05) is 17.1 Å². The second kappa shape index (κ2) is 12.8. The van der Waals surface area contributed by atoms with Crippen molar-refractivity contribution in [3.8, 4) is 0 Å². The molecule has 0 aliphatic heterocycles. The Morgan fingerprint density at radius 1 is 0.972 bits per heavy atom. The Morgan fingerprint density at radius 3 is 2.08 bits per heavy atom. The quantitative estimate of drug-likeness (QED) is 0.418. The summed E-state index contributed by atoms with van der Waals surface area (Å²) in [4.78, 5) is 28.3. The lowest BCUT2D eigenvalue weighted by Gasteiger charge is -2.33. The van der Waals surface area contributed by atoms with Crippen LogP contribution in [0.15, 0.2) is 36.4 Å². The average Bonchev–Trinajstić information content (AvgIpc) is 2.77. The van der Waals surface area contributed by atoms with Crippen LogP contribution in [-0.4, -0.2) is 50.0 Å². The second-order valence-electron chi connectivity index (χ2n) is 9.13. The molecule has 10 heteroatoms. The molecule has 2 aromatic rings. The van der Waals surface area contributed by atoms with Crippen LogP contribution in [0.3, 0.4) is 0 Å². The van der Waals surface area contributed by atoms with Crippen LogP contribution >= 0.6 is 23.2 Å². The molecule has 0 bridgehead atoms. The molecule has 7 nitrogen and oxygen atoms in total. The average molecular weight is 557 g/mol. The van der Waals surface area contributed by atoms with Gasteiger partial charge in [0.25, 0.3) is 0 Å². The van der Waals surface area contributed by atoms with Gasteiger partial charge in [-0.1, -0.05) is 49.2 Å². The Morgan fingerprint density at radius 2 is 1.58 bits per heavy atom. The van der Waals surface area contributed by atoms with Crippen LogP contribution in [0.25, 0.3) is 0 Å². The minimum absolute atomic E-state index is 0.0621. The molecule has 0 saturated heterocycles. The van der Waals surface area contributed by atoms with E-state index < -0.39 is 28.5 Å². The van der Waals surface area contributed by atoms with E-state index in [0.717, 1.165) is 28.1 Å². The van der Waals surface area contributed by atoms with Crippen molar-refractivity contribution in [1.82, 2.24) is 10.2 Å². The number of sulfonamides is 1. The largest absolute Gasteiger partial charge is 0.352 e. The third-order valence-corrected chi connectivity index (χ3v) is 7.78. The zero-order valence-electron chi connectivity index (χ0n) is 21.6. The van der Waals surface area contributed by atoms with Crippen molar-refractivity contribution in [2.24, 2.45) is 0 Å². The topological polar surface area (TPSA) is 86.8 Å². The minimum atomic E-state index is -3.79. The van der Waals surface area contributed by atoms with E-state index in [0.29, 0.717) is 27.7 Å². The van der Waals surface area contributed by atoms with Gasteiger partial charge in [0.05, 0.1) is 22.0 Å². The highest BCUT2D eigenvalue weighted by molar-refractivity contribution is 7.92. The van der Waals surface area contributed by atoms with Crippen molar-refractivity contribution >= 4 is 50.7 Å². The molecule has 36 heavy (non-hydrogen) atoms. The fraction of sp³-hybridized carbons (Fsp3) is 0.462. The van der Waals surface area contributed by atoms with Crippen molar-refractivity contribution in [1.29, 1.82) is 0 Å². The van der Waals surface area contributed by atoms with Gasteiger partial charge in [0, 0.05) is 12.6 Å². The summed E-state index contributed by atoms with van der Waals surface area (Å²) in [6, 6.07) is 9.48. The van der Waals surface area contributed by atoms with E-state index in [1.54, 1.807) is 30.3 Å². The zero-order chi connectivity index (χ0) is 27.2. The summed E-state index contributed by atoms with van der Waals surface area (Å²) < 4.78 is 26.6. The van der Waals surface area contributed by atoms with Crippen LogP contribution in [-0.2, 0) is 26.2 Å². The first kappa shape index (κ1) is 29.9. The van der Waals surface area contributed by atoms with E-state index in [1.165, 1.54) is 4.90 Å². The lowest BCUT2D eigenvalue weighted by molar-refractivity contribution is -0.140. The molecule has 0 spiro atoms. The molecule has 0 aliphatic carbocycles. The molecule has 2 unspecified atom stereocenters. The zero-order valence-corrected chi connectivity index (χ0v) is 24.0. The second-order valence-corrected chi connectivity index (χ2v) is 11.8. The van der Waals surface area contributed by atoms with Crippen LogP contribution in [0.2, 0.25) is 10.0 Å². The van der Waals surface area contributed by atoms with Gasteiger partial charge in [-0.05, 0) is 74.6 Å². The van der Waals surface area contributed by atoms with Crippen molar-refractivity contribution < 1.29 is 18.0 Å². The molecule has 0 aromatic heterocycles. The van der Waals surface area contributed by atoms with E-state index in [9.17, 15) is 18.0 Å². The van der Waals surface area contributed by atoms with Crippen LogP contribution in [0, 0.1) is 13.8 Å². The molecule has 2 aromatic carbocycles. The number of amides is 2. The van der Waals surface area contributed by atoms with Crippen molar-refractivity contribution in [2.45, 2.75) is 66.1 Å². The van der Waals surface area contributed by atoms with Gasteiger partial charge in [0.1, 0.15) is 12.6 Å². The van der Waals surface area contributed by atoms with E-state index >= 15 is 0 Å². The van der Waals surface area contributed by atoms with Gasteiger partial charge in [0.15, 0.2) is 0 Å². The summed E-state index contributed by atoms with van der Waals surface area (Å²) in [7, 11) is -3.79. The highest BCUT2D eigenvalue weighted by Gasteiger charge is 2.32. The number of rotatable bonds is 11. The van der Waals surface area contributed by atoms with E-state index in [2.05, 4.69) is 5.32 Å². The van der Waals surface area contributed by atoms with Gasteiger partial charge >= 0.3 is 0 Å². The Labute approximate surface area is 224 Å². The third-order valence-electron chi connectivity index (χ3n) is 5.90. The first-order chi connectivity index (χ1) is 16.8. The number of anilines is 1. The molecular formula is C26H35Cl2N3O4S. The third kappa shape index (κ3) is 8.11.